The molecule has 3 N–H and O–H groups in total. The Morgan fingerprint density at radius 1 is 0.865 bits per heavy atom. The molecule has 4 aliphatic rings. The molecule has 4 saturated carbocycles. The van der Waals surface area contributed by atoms with E-state index in [0.717, 1.165) is 40.9 Å². The molecule has 0 radical (unpaired) electrons. The summed E-state index contributed by atoms with van der Waals surface area (Å²) in [6.07, 6.45) is 8.70. The molecule has 0 saturated heterocycles. The Hall–Kier alpha value is -3.46. The van der Waals surface area contributed by atoms with Gasteiger partial charge in [0.2, 0.25) is 11.8 Å². The van der Waals surface area contributed by atoms with E-state index in [2.05, 4.69) is 87.1 Å². The van der Waals surface area contributed by atoms with Crippen molar-refractivity contribution in [2.24, 2.45) is 17.8 Å². The van der Waals surface area contributed by atoms with Gasteiger partial charge in [-0.1, -0.05) is 81.4 Å². The van der Waals surface area contributed by atoms with Crippen molar-refractivity contribution >= 4 is 25.8 Å². The maximum Gasteiger partial charge on any atom is 0.224 e. The van der Waals surface area contributed by atoms with E-state index < -0.39 is 8.32 Å². The third-order valence-electron chi connectivity index (χ3n) is 12.2. The van der Waals surface area contributed by atoms with Gasteiger partial charge in [0.15, 0.2) is 8.32 Å². The highest BCUT2D eigenvalue weighted by atomic mass is 28.4. The number of ether oxygens (including phenoxy) is 1. The van der Waals surface area contributed by atoms with Gasteiger partial charge in [0, 0.05) is 25.0 Å². The van der Waals surface area contributed by atoms with Gasteiger partial charge in [0.1, 0.15) is 12.4 Å². The first-order valence-corrected chi connectivity index (χ1v) is 22.4. The second-order valence-corrected chi connectivity index (χ2v) is 22.6. The highest BCUT2D eigenvalue weighted by Crippen LogP contribution is 2.55. The maximum absolute atomic E-state index is 13.4. The van der Waals surface area contributed by atoms with E-state index in [-0.39, 0.29) is 34.5 Å². The fraction of sp³-hybridized carbons (Fsp3) is 0.545. The average Bonchev–Trinajstić information content (AvgIpc) is 3.05. The topological polar surface area (TPSA) is 88.7 Å². The second-order valence-electron chi connectivity index (χ2n) is 17.8. The van der Waals surface area contributed by atoms with Gasteiger partial charge in [-0.3, -0.25) is 9.59 Å². The molecule has 2 amide bonds. The van der Waals surface area contributed by atoms with Crippen LogP contribution in [0.5, 0.6) is 5.75 Å². The SMILES string of the molecule is CC(=O)Nc1cc([C@@H](CN[C@H](C)Cc2cccc(CC(=O)NC34CC5CC(CC(C5)C3)C4)c2)O[Si](C)(C)C(C)(C)C)ccc1OCc1ccccc1. The van der Waals surface area contributed by atoms with Gasteiger partial charge in [-0.05, 0) is 122 Å². The molecule has 2 atom stereocenters. The third-order valence-corrected chi connectivity index (χ3v) is 16.6. The van der Waals surface area contributed by atoms with Crippen LogP contribution in [0.2, 0.25) is 18.1 Å². The van der Waals surface area contributed by atoms with Crippen molar-refractivity contribution in [3.05, 3.63) is 95.1 Å². The largest absolute Gasteiger partial charge is 0.487 e. The van der Waals surface area contributed by atoms with Gasteiger partial charge in [-0.25, -0.2) is 0 Å². The van der Waals surface area contributed by atoms with Crippen LogP contribution in [0.4, 0.5) is 5.69 Å². The Labute approximate surface area is 313 Å². The number of carbonyl (C=O) groups excluding carboxylic acids is 2. The summed E-state index contributed by atoms with van der Waals surface area (Å²) in [6.45, 7) is 16.1. The molecule has 3 aromatic rings. The Balaban J connectivity index is 1.11. The molecule has 0 aromatic heterocycles. The third kappa shape index (κ3) is 9.74. The molecule has 7 nitrogen and oxygen atoms in total. The molecule has 8 heteroatoms. The summed E-state index contributed by atoms with van der Waals surface area (Å²) in [5.41, 5.74) is 5.03. The van der Waals surface area contributed by atoms with Crippen LogP contribution < -0.4 is 20.7 Å². The van der Waals surface area contributed by atoms with Crippen molar-refractivity contribution in [3.8, 4) is 5.75 Å². The van der Waals surface area contributed by atoms with Crippen LogP contribution in [0.1, 0.15) is 102 Å². The van der Waals surface area contributed by atoms with Crippen LogP contribution in [0.3, 0.4) is 0 Å². The molecule has 3 aromatic carbocycles. The number of hydrogen-bond acceptors (Lipinski definition) is 5. The standard InChI is InChI=1S/C44H61N3O4Si/c1-30(18-33-14-11-15-34(19-33)23-42(49)47-44-25-35-20-36(26-44)22-37(21-35)27-44)45-28-41(51-52(6,7)43(3,4)5)38-16-17-40(39(24-38)46-31(2)48)50-29-32-12-9-8-10-13-32/h8-17,19,24,30,35-37,41,45H,18,20-23,25-29H2,1-7H3,(H,46,48)(H,47,49)/t30-,35?,36?,37?,41-,44?/m1/s1. The van der Waals surface area contributed by atoms with E-state index in [1.165, 1.54) is 51.0 Å². The number of nitrogens with one attached hydrogen (secondary N) is 3. The summed E-state index contributed by atoms with van der Waals surface area (Å²) in [5.74, 6) is 3.09. The first kappa shape index (κ1) is 38.3. The van der Waals surface area contributed by atoms with Crippen molar-refractivity contribution in [2.75, 3.05) is 11.9 Å². The van der Waals surface area contributed by atoms with E-state index >= 15 is 0 Å². The molecule has 0 unspecified atom stereocenters. The lowest BCUT2D eigenvalue weighted by atomic mass is 9.53. The van der Waals surface area contributed by atoms with E-state index in [1.54, 1.807) is 0 Å². The normalized spacial score (nSPS) is 23.6. The van der Waals surface area contributed by atoms with Crippen LogP contribution in [0.15, 0.2) is 72.8 Å². The highest BCUT2D eigenvalue weighted by molar-refractivity contribution is 6.74. The van der Waals surface area contributed by atoms with Crippen molar-refractivity contribution in [3.63, 3.8) is 0 Å². The van der Waals surface area contributed by atoms with Crippen LogP contribution in [0.25, 0.3) is 0 Å². The lowest BCUT2D eigenvalue weighted by molar-refractivity contribution is -0.126. The predicted octanol–water partition coefficient (Wildman–Crippen LogP) is 9.14. The minimum atomic E-state index is -2.17. The van der Waals surface area contributed by atoms with Crippen LogP contribution in [0, 0.1) is 17.8 Å². The molecule has 52 heavy (non-hydrogen) atoms. The number of anilines is 1. The van der Waals surface area contributed by atoms with E-state index in [0.29, 0.717) is 31.0 Å². The molecular formula is C44H61N3O4Si. The zero-order valence-corrected chi connectivity index (χ0v) is 33.5. The van der Waals surface area contributed by atoms with E-state index in [9.17, 15) is 9.59 Å². The van der Waals surface area contributed by atoms with Crippen LogP contribution >= 0.6 is 0 Å². The molecule has 0 heterocycles. The Bertz CT molecular complexity index is 1670. The van der Waals surface area contributed by atoms with Crippen LogP contribution in [-0.4, -0.2) is 38.3 Å². The molecule has 4 fully saturated rings. The lowest BCUT2D eigenvalue weighted by Gasteiger charge is -2.56. The van der Waals surface area contributed by atoms with Crippen molar-refractivity contribution < 1.29 is 18.8 Å². The zero-order chi connectivity index (χ0) is 37.1. The molecular weight excluding hydrogens is 663 g/mol. The van der Waals surface area contributed by atoms with E-state index in [4.69, 9.17) is 9.16 Å². The van der Waals surface area contributed by atoms with Gasteiger partial charge in [0.25, 0.3) is 0 Å². The van der Waals surface area contributed by atoms with Gasteiger partial charge >= 0.3 is 0 Å². The predicted molar refractivity (Wildman–Crippen MR) is 213 cm³/mol. The summed E-state index contributed by atoms with van der Waals surface area (Å²) in [6, 6.07) is 24.7. The van der Waals surface area contributed by atoms with Crippen molar-refractivity contribution in [1.29, 1.82) is 0 Å². The summed E-state index contributed by atoms with van der Waals surface area (Å²) < 4.78 is 13.2. The monoisotopic (exact) mass is 723 g/mol. The number of hydrogen-bond donors (Lipinski definition) is 3. The average molecular weight is 724 g/mol. The van der Waals surface area contributed by atoms with Gasteiger partial charge in [0.05, 0.1) is 18.2 Å². The van der Waals surface area contributed by atoms with Crippen molar-refractivity contribution in [1.82, 2.24) is 10.6 Å². The van der Waals surface area contributed by atoms with Crippen molar-refractivity contribution in [2.45, 2.75) is 128 Å². The smallest absolute Gasteiger partial charge is 0.224 e. The molecule has 280 valence electrons. The molecule has 0 aliphatic heterocycles. The second kappa shape index (κ2) is 15.9. The van der Waals surface area contributed by atoms with Gasteiger partial charge < -0.3 is 25.1 Å². The minimum absolute atomic E-state index is 0.0263. The first-order valence-electron chi connectivity index (χ1n) is 19.5. The fourth-order valence-corrected chi connectivity index (χ4v) is 10.3. The first-order chi connectivity index (χ1) is 24.6. The molecule has 4 bridgehead atoms. The maximum atomic E-state index is 13.4. The van der Waals surface area contributed by atoms with Gasteiger partial charge in [-0.15, -0.1) is 0 Å². The number of benzene rings is 3. The summed E-state index contributed by atoms with van der Waals surface area (Å²) in [4.78, 5) is 25.6. The molecule has 4 aliphatic carbocycles. The summed E-state index contributed by atoms with van der Waals surface area (Å²) in [5, 5.41) is 10.3. The summed E-state index contributed by atoms with van der Waals surface area (Å²) >= 11 is 0. The Kier molecular flexibility index (Phi) is 11.7. The lowest BCUT2D eigenvalue weighted by Crippen LogP contribution is -2.60. The zero-order valence-electron chi connectivity index (χ0n) is 32.5. The molecule has 7 rings (SSSR count). The summed E-state index contributed by atoms with van der Waals surface area (Å²) in [7, 11) is -2.17. The Morgan fingerprint density at radius 2 is 1.50 bits per heavy atom. The van der Waals surface area contributed by atoms with Crippen LogP contribution in [-0.2, 0) is 33.5 Å². The van der Waals surface area contributed by atoms with Gasteiger partial charge in [-0.2, -0.15) is 0 Å². The Morgan fingerprint density at radius 3 is 2.13 bits per heavy atom. The fourth-order valence-electron chi connectivity index (χ4n) is 9.05. The minimum Gasteiger partial charge on any atom is -0.487 e. The highest BCUT2D eigenvalue weighted by Gasteiger charge is 2.51. The van der Waals surface area contributed by atoms with E-state index in [1.807, 2.05) is 42.5 Å². The number of amides is 2. The number of carbonyl (C=O) groups is 2. The quantitative estimate of drug-likeness (QED) is 0.136. The number of rotatable bonds is 15. The molecule has 0 spiro atoms.